The van der Waals surface area contributed by atoms with E-state index in [-0.39, 0.29) is 10.9 Å². The summed E-state index contributed by atoms with van der Waals surface area (Å²) >= 11 is 0.926. The second kappa shape index (κ2) is 5.54. The van der Waals surface area contributed by atoms with Crippen LogP contribution in [-0.2, 0) is 6.18 Å². The maximum atomic E-state index is 12.6. The summed E-state index contributed by atoms with van der Waals surface area (Å²) in [5.74, 6) is -1.52. The summed E-state index contributed by atoms with van der Waals surface area (Å²) in [6, 6.07) is 7.20. The molecule has 0 bridgehead atoms. The standard InChI is InChI=1S/C13H6F3NO3S/c14-13(15,16)9-2-1-8(5-7(9)6-17)21-11-4-3-10(20-11)12(18)19/h1-5H,(H,18,19). The molecule has 0 aliphatic rings. The molecule has 1 aromatic carbocycles. The Balaban J connectivity index is 2.29. The molecule has 1 heterocycles. The molecule has 0 unspecified atom stereocenters. The molecule has 21 heavy (non-hydrogen) atoms. The number of nitriles is 1. The highest BCUT2D eigenvalue weighted by atomic mass is 32.2. The summed E-state index contributed by atoms with van der Waals surface area (Å²) in [4.78, 5) is 11.0. The molecule has 0 radical (unpaired) electrons. The number of benzene rings is 1. The third-order valence-corrected chi connectivity index (χ3v) is 3.34. The van der Waals surface area contributed by atoms with E-state index >= 15 is 0 Å². The number of nitrogens with zero attached hydrogens (tertiary/aromatic N) is 1. The van der Waals surface area contributed by atoms with Crippen molar-refractivity contribution in [2.24, 2.45) is 0 Å². The van der Waals surface area contributed by atoms with Gasteiger partial charge in [-0.15, -0.1) is 0 Å². The second-order valence-corrected chi connectivity index (χ2v) is 4.92. The first-order chi connectivity index (χ1) is 9.81. The van der Waals surface area contributed by atoms with E-state index in [9.17, 15) is 18.0 Å². The molecule has 2 rings (SSSR count). The zero-order valence-corrected chi connectivity index (χ0v) is 11.0. The van der Waals surface area contributed by atoms with Gasteiger partial charge in [0.05, 0.1) is 17.2 Å². The van der Waals surface area contributed by atoms with Crippen molar-refractivity contribution in [3.63, 3.8) is 0 Å². The van der Waals surface area contributed by atoms with Gasteiger partial charge in [-0.3, -0.25) is 0 Å². The van der Waals surface area contributed by atoms with Gasteiger partial charge in [0.1, 0.15) is 0 Å². The van der Waals surface area contributed by atoms with Crippen LogP contribution in [0.25, 0.3) is 0 Å². The van der Waals surface area contributed by atoms with E-state index in [2.05, 4.69) is 0 Å². The van der Waals surface area contributed by atoms with E-state index in [1.54, 1.807) is 0 Å². The predicted molar refractivity (Wildman–Crippen MR) is 65.9 cm³/mol. The molecule has 0 aliphatic carbocycles. The Bertz CT molecular complexity index is 731. The van der Waals surface area contributed by atoms with Crippen LogP contribution in [0.3, 0.4) is 0 Å². The van der Waals surface area contributed by atoms with Crippen molar-refractivity contribution >= 4 is 17.7 Å². The van der Waals surface area contributed by atoms with Crippen molar-refractivity contribution in [2.75, 3.05) is 0 Å². The van der Waals surface area contributed by atoms with Crippen LogP contribution in [0.5, 0.6) is 0 Å². The zero-order chi connectivity index (χ0) is 15.6. The molecule has 0 spiro atoms. The average Bonchev–Trinajstić information content (AvgIpc) is 2.86. The van der Waals surface area contributed by atoms with Crippen LogP contribution in [0.4, 0.5) is 13.2 Å². The smallest absolute Gasteiger partial charge is 0.417 e. The minimum Gasteiger partial charge on any atom is -0.475 e. The van der Waals surface area contributed by atoms with E-state index in [0.717, 1.165) is 23.9 Å². The van der Waals surface area contributed by atoms with E-state index in [4.69, 9.17) is 14.8 Å². The van der Waals surface area contributed by atoms with Crippen molar-refractivity contribution in [2.45, 2.75) is 16.2 Å². The summed E-state index contributed by atoms with van der Waals surface area (Å²) < 4.78 is 42.9. The lowest BCUT2D eigenvalue weighted by Crippen LogP contribution is -2.07. The number of carbonyl (C=O) groups is 1. The summed E-state index contributed by atoms with van der Waals surface area (Å²) in [7, 11) is 0. The number of alkyl halides is 3. The van der Waals surface area contributed by atoms with Crippen LogP contribution in [0, 0.1) is 11.3 Å². The van der Waals surface area contributed by atoms with Crippen LogP contribution in [-0.4, -0.2) is 11.1 Å². The first kappa shape index (κ1) is 15.0. The largest absolute Gasteiger partial charge is 0.475 e. The minimum atomic E-state index is -4.60. The number of furan rings is 1. The number of carboxylic acid groups (broad SMARTS) is 1. The van der Waals surface area contributed by atoms with Gasteiger partial charge in [0, 0.05) is 4.90 Å². The molecule has 1 aromatic heterocycles. The highest BCUT2D eigenvalue weighted by molar-refractivity contribution is 7.99. The lowest BCUT2D eigenvalue weighted by molar-refractivity contribution is -0.137. The normalized spacial score (nSPS) is 11.1. The Morgan fingerprint density at radius 1 is 1.29 bits per heavy atom. The Kier molecular flexibility index (Phi) is 3.95. The number of aromatic carboxylic acids is 1. The first-order valence-corrected chi connectivity index (χ1v) is 6.25. The van der Waals surface area contributed by atoms with Crippen LogP contribution in [0.1, 0.15) is 21.7 Å². The van der Waals surface area contributed by atoms with Crippen molar-refractivity contribution in [1.29, 1.82) is 5.26 Å². The molecular weight excluding hydrogens is 307 g/mol. The molecule has 2 aromatic rings. The molecule has 1 N–H and O–H groups in total. The third kappa shape index (κ3) is 3.38. The van der Waals surface area contributed by atoms with Gasteiger partial charge >= 0.3 is 12.1 Å². The highest BCUT2D eigenvalue weighted by Crippen LogP contribution is 2.36. The van der Waals surface area contributed by atoms with Gasteiger partial charge in [0.15, 0.2) is 5.09 Å². The summed E-state index contributed by atoms with van der Waals surface area (Å²) in [6.07, 6.45) is -4.60. The van der Waals surface area contributed by atoms with Gasteiger partial charge in [-0.05, 0) is 30.3 Å². The highest BCUT2D eigenvalue weighted by Gasteiger charge is 2.33. The quantitative estimate of drug-likeness (QED) is 0.926. The van der Waals surface area contributed by atoms with Crippen LogP contribution in [0.2, 0.25) is 0 Å². The predicted octanol–water partition coefficient (Wildman–Crippen LogP) is 4.02. The topological polar surface area (TPSA) is 74.2 Å². The van der Waals surface area contributed by atoms with E-state index in [0.29, 0.717) is 4.90 Å². The fourth-order valence-electron chi connectivity index (χ4n) is 1.53. The van der Waals surface area contributed by atoms with Gasteiger partial charge in [-0.1, -0.05) is 11.8 Å². The van der Waals surface area contributed by atoms with Crippen molar-refractivity contribution in [3.05, 3.63) is 47.2 Å². The van der Waals surface area contributed by atoms with Crippen molar-refractivity contribution < 1.29 is 27.5 Å². The molecule has 108 valence electrons. The molecule has 8 heteroatoms. The van der Waals surface area contributed by atoms with E-state index in [1.807, 2.05) is 0 Å². The fourth-order valence-corrected chi connectivity index (χ4v) is 2.35. The molecule has 0 fully saturated rings. The third-order valence-electron chi connectivity index (χ3n) is 2.43. The Labute approximate surface area is 120 Å². The summed E-state index contributed by atoms with van der Waals surface area (Å²) in [5.41, 5.74) is -1.52. The number of rotatable bonds is 3. The van der Waals surface area contributed by atoms with Gasteiger partial charge in [-0.25, -0.2) is 4.79 Å². The maximum absolute atomic E-state index is 12.6. The minimum absolute atomic E-state index is 0.205. The first-order valence-electron chi connectivity index (χ1n) is 5.43. The van der Waals surface area contributed by atoms with Crippen molar-refractivity contribution in [1.82, 2.24) is 0 Å². The fraction of sp³-hybridized carbons (Fsp3) is 0.0769. The Hall–Kier alpha value is -2.40. The number of hydrogen-bond donors (Lipinski definition) is 1. The molecule has 0 saturated heterocycles. The molecule has 0 atom stereocenters. The van der Waals surface area contributed by atoms with E-state index in [1.165, 1.54) is 24.3 Å². The molecule has 0 aliphatic heterocycles. The SMILES string of the molecule is N#Cc1cc(Sc2ccc(C(=O)O)o2)ccc1C(F)(F)F. The monoisotopic (exact) mass is 313 g/mol. The maximum Gasteiger partial charge on any atom is 0.417 e. The molecule has 0 amide bonds. The zero-order valence-electron chi connectivity index (χ0n) is 10.1. The summed E-state index contributed by atoms with van der Waals surface area (Å²) in [6.45, 7) is 0. The van der Waals surface area contributed by atoms with Gasteiger partial charge < -0.3 is 9.52 Å². The Morgan fingerprint density at radius 3 is 2.52 bits per heavy atom. The van der Waals surface area contributed by atoms with Crippen LogP contribution >= 0.6 is 11.8 Å². The Morgan fingerprint density at radius 2 is 2.00 bits per heavy atom. The second-order valence-electron chi connectivity index (χ2n) is 3.84. The van der Waals surface area contributed by atoms with Gasteiger partial charge in [0.25, 0.3) is 0 Å². The number of halogens is 3. The van der Waals surface area contributed by atoms with Gasteiger partial charge in [-0.2, -0.15) is 18.4 Å². The molecule has 0 saturated carbocycles. The lowest BCUT2D eigenvalue weighted by atomic mass is 10.1. The number of hydrogen-bond acceptors (Lipinski definition) is 4. The van der Waals surface area contributed by atoms with Crippen molar-refractivity contribution in [3.8, 4) is 6.07 Å². The van der Waals surface area contributed by atoms with Crippen LogP contribution < -0.4 is 0 Å². The summed E-state index contributed by atoms with van der Waals surface area (Å²) in [5, 5.41) is 17.7. The average molecular weight is 313 g/mol. The molecular formula is C13H6F3NO3S. The van der Waals surface area contributed by atoms with E-state index < -0.39 is 23.3 Å². The number of carboxylic acids is 1. The van der Waals surface area contributed by atoms with Crippen LogP contribution in [0.15, 0.2) is 44.7 Å². The lowest BCUT2D eigenvalue weighted by Gasteiger charge is -2.09. The molecule has 4 nitrogen and oxygen atoms in total. The van der Waals surface area contributed by atoms with Gasteiger partial charge in [0.2, 0.25) is 5.76 Å².